The molecule has 7 rings (SSSR count). The summed E-state index contributed by atoms with van der Waals surface area (Å²) in [5.74, 6) is 0.500. The van der Waals surface area contributed by atoms with E-state index in [4.69, 9.17) is 9.47 Å². The van der Waals surface area contributed by atoms with Crippen LogP contribution in [0.3, 0.4) is 0 Å². The molecule has 49 heavy (non-hydrogen) atoms. The van der Waals surface area contributed by atoms with E-state index in [1.807, 2.05) is 25.1 Å². The monoisotopic (exact) mass is 651 g/mol. The van der Waals surface area contributed by atoms with E-state index in [9.17, 15) is 4.79 Å². The van der Waals surface area contributed by atoms with Crippen LogP contribution in [0.2, 0.25) is 0 Å². The van der Waals surface area contributed by atoms with Gasteiger partial charge in [-0.25, -0.2) is 4.79 Å². The number of aryl methyl sites for hydroxylation is 2. The first-order valence-corrected chi connectivity index (χ1v) is 17.8. The van der Waals surface area contributed by atoms with Crippen molar-refractivity contribution in [3.63, 3.8) is 0 Å². The van der Waals surface area contributed by atoms with Gasteiger partial charge in [0, 0.05) is 41.3 Å². The van der Waals surface area contributed by atoms with Crippen LogP contribution < -0.4 is 15.0 Å². The zero-order chi connectivity index (χ0) is 33.9. The SMILES string of the molecule is CCCCc1cc(N2C=CC=C3C(=O)OC(c4c(-c5ccccc5)n(CC)c5ccccc45)C32)c(OCC)c(NCC)c1-c1ccccc1. The predicted octanol–water partition coefficient (Wildman–Crippen LogP) is 10.1. The quantitative estimate of drug-likeness (QED) is 0.136. The molecule has 6 heteroatoms. The molecule has 1 N–H and O–H groups in total. The van der Waals surface area contributed by atoms with Crippen LogP contribution in [0.5, 0.6) is 5.75 Å². The second kappa shape index (κ2) is 14.1. The molecule has 2 aliphatic heterocycles. The summed E-state index contributed by atoms with van der Waals surface area (Å²) < 4.78 is 15.4. The third kappa shape index (κ3) is 5.69. The lowest BCUT2D eigenvalue weighted by atomic mass is 9.89. The van der Waals surface area contributed by atoms with Crippen LogP contribution >= 0.6 is 0 Å². The summed E-state index contributed by atoms with van der Waals surface area (Å²) in [6.45, 7) is 10.6. The first kappa shape index (κ1) is 32.3. The van der Waals surface area contributed by atoms with Gasteiger partial charge in [0.05, 0.1) is 29.2 Å². The van der Waals surface area contributed by atoms with Crippen molar-refractivity contribution in [2.24, 2.45) is 0 Å². The van der Waals surface area contributed by atoms with Gasteiger partial charge in [-0.3, -0.25) is 0 Å². The lowest BCUT2D eigenvalue weighted by Crippen LogP contribution is -2.37. The minimum Gasteiger partial charge on any atom is -0.489 e. The number of rotatable bonds is 12. The highest BCUT2D eigenvalue weighted by atomic mass is 16.6. The van der Waals surface area contributed by atoms with Gasteiger partial charge >= 0.3 is 5.97 Å². The van der Waals surface area contributed by atoms with E-state index in [1.165, 1.54) is 11.1 Å². The van der Waals surface area contributed by atoms with E-state index in [1.54, 1.807) is 0 Å². The first-order chi connectivity index (χ1) is 24.1. The first-order valence-electron chi connectivity index (χ1n) is 17.8. The van der Waals surface area contributed by atoms with E-state index >= 15 is 0 Å². The van der Waals surface area contributed by atoms with Crippen molar-refractivity contribution in [1.29, 1.82) is 0 Å². The fraction of sp³-hybridized carbons (Fsp3) is 0.279. The van der Waals surface area contributed by atoms with Crippen LogP contribution in [0, 0.1) is 0 Å². The number of aromatic nitrogens is 1. The molecule has 1 aromatic heterocycles. The molecule has 2 unspecified atom stereocenters. The molecule has 4 aromatic carbocycles. The number of carbonyl (C=O) groups is 1. The number of para-hydroxylation sites is 1. The maximum atomic E-state index is 13.9. The van der Waals surface area contributed by atoms with Crippen molar-refractivity contribution in [3.8, 4) is 28.1 Å². The summed E-state index contributed by atoms with van der Waals surface area (Å²) in [4.78, 5) is 16.1. The molecule has 3 heterocycles. The highest BCUT2D eigenvalue weighted by Crippen LogP contribution is 2.52. The summed E-state index contributed by atoms with van der Waals surface area (Å²) in [5, 5.41) is 4.81. The Morgan fingerprint density at radius 3 is 2.29 bits per heavy atom. The lowest BCUT2D eigenvalue weighted by molar-refractivity contribution is -0.139. The Balaban J connectivity index is 1.48. The van der Waals surface area contributed by atoms with E-state index in [0.717, 1.165) is 82.8 Å². The molecule has 0 spiro atoms. The highest BCUT2D eigenvalue weighted by Gasteiger charge is 2.48. The Hall–Kier alpha value is -5.23. The smallest absolute Gasteiger partial charge is 0.337 e. The molecule has 2 atom stereocenters. The number of unbranched alkanes of at least 4 members (excludes halogenated alkanes) is 1. The minimum absolute atomic E-state index is 0.284. The third-order valence-electron chi connectivity index (χ3n) is 9.68. The fourth-order valence-electron chi connectivity index (χ4n) is 7.66. The number of nitrogens with one attached hydrogen (secondary N) is 1. The largest absolute Gasteiger partial charge is 0.489 e. The topological polar surface area (TPSA) is 55.7 Å². The van der Waals surface area contributed by atoms with Crippen LogP contribution in [0.1, 0.15) is 57.8 Å². The van der Waals surface area contributed by atoms with E-state index < -0.39 is 12.1 Å². The van der Waals surface area contributed by atoms with Crippen molar-refractivity contribution >= 4 is 28.2 Å². The Kier molecular flexibility index (Phi) is 9.30. The Morgan fingerprint density at radius 1 is 0.878 bits per heavy atom. The Bertz CT molecular complexity index is 2030. The molecule has 0 bridgehead atoms. The van der Waals surface area contributed by atoms with Gasteiger partial charge in [0.25, 0.3) is 0 Å². The number of allylic oxidation sites excluding steroid dienone is 2. The number of nitrogens with zero attached hydrogens (tertiary/aromatic N) is 2. The highest BCUT2D eigenvalue weighted by molar-refractivity contribution is 5.99. The molecule has 0 radical (unpaired) electrons. The molecule has 0 amide bonds. The Morgan fingerprint density at radius 2 is 1.59 bits per heavy atom. The van der Waals surface area contributed by atoms with Crippen molar-refractivity contribution in [2.75, 3.05) is 23.4 Å². The molecule has 0 aliphatic carbocycles. The average molecular weight is 652 g/mol. The maximum absolute atomic E-state index is 13.9. The van der Waals surface area contributed by atoms with Crippen molar-refractivity contribution in [2.45, 2.75) is 65.6 Å². The number of carbonyl (C=O) groups excluding carboxylic acids is 1. The number of anilines is 2. The summed E-state index contributed by atoms with van der Waals surface area (Å²) in [7, 11) is 0. The number of hydrogen-bond acceptors (Lipinski definition) is 5. The van der Waals surface area contributed by atoms with Gasteiger partial charge in [-0.1, -0.05) is 92.2 Å². The zero-order valence-electron chi connectivity index (χ0n) is 28.9. The molecule has 5 aromatic rings. The summed E-state index contributed by atoms with van der Waals surface area (Å²) in [6, 6.07) is 31.5. The summed E-state index contributed by atoms with van der Waals surface area (Å²) in [5.41, 5.74) is 10.5. The molecule has 1 saturated heterocycles. The van der Waals surface area contributed by atoms with Gasteiger partial charge < -0.3 is 24.3 Å². The normalized spacial score (nSPS) is 16.9. The molecular formula is C43H45N3O3. The standard InChI is InChI=1S/C43H45N3O3/c1-5-9-19-31-28-35(41(48-8-4)38(44-6-2)36(31)29-20-12-10-13-21-29)46-27-18-25-33-40(46)42(49-43(33)47)37-32-24-16-17-26-34(32)45(7-3)39(37)30-22-14-11-15-23-30/h10-18,20-28,40,42,44H,5-9,19H2,1-4H3. The maximum Gasteiger partial charge on any atom is 0.337 e. The number of esters is 1. The van der Waals surface area contributed by atoms with Gasteiger partial charge in [-0.05, 0) is 74.6 Å². The second-order valence-corrected chi connectivity index (χ2v) is 12.6. The van der Waals surface area contributed by atoms with Crippen molar-refractivity contribution < 1.29 is 14.3 Å². The van der Waals surface area contributed by atoms with Gasteiger partial charge in [0.2, 0.25) is 0 Å². The minimum atomic E-state index is -0.554. The summed E-state index contributed by atoms with van der Waals surface area (Å²) >= 11 is 0. The third-order valence-corrected chi connectivity index (χ3v) is 9.68. The molecule has 0 saturated carbocycles. The fourth-order valence-corrected chi connectivity index (χ4v) is 7.66. The average Bonchev–Trinajstić information content (AvgIpc) is 3.66. The van der Waals surface area contributed by atoms with Crippen molar-refractivity contribution in [1.82, 2.24) is 4.57 Å². The van der Waals surface area contributed by atoms with Crippen LogP contribution in [-0.4, -0.2) is 29.7 Å². The predicted molar refractivity (Wildman–Crippen MR) is 201 cm³/mol. The van der Waals surface area contributed by atoms with Gasteiger partial charge in [-0.2, -0.15) is 0 Å². The van der Waals surface area contributed by atoms with Crippen molar-refractivity contribution in [3.05, 3.63) is 126 Å². The van der Waals surface area contributed by atoms with E-state index in [0.29, 0.717) is 12.2 Å². The number of fused-ring (bicyclic) bond motifs is 2. The number of cyclic esters (lactones) is 1. The zero-order valence-corrected chi connectivity index (χ0v) is 28.9. The van der Waals surface area contributed by atoms with E-state index in [-0.39, 0.29) is 5.97 Å². The molecular weight excluding hydrogens is 606 g/mol. The van der Waals surface area contributed by atoms with Gasteiger partial charge in [0.15, 0.2) is 11.9 Å². The molecule has 1 fully saturated rings. The lowest BCUT2D eigenvalue weighted by Gasteiger charge is -2.35. The molecule has 6 nitrogen and oxygen atoms in total. The second-order valence-electron chi connectivity index (χ2n) is 12.6. The number of benzene rings is 4. The van der Waals surface area contributed by atoms with Gasteiger partial charge in [-0.15, -0.1) is 0 Å². The number of ether oxygens (including phenoxy) is 2. The molecule has 250 valence electrons. The van der Waals surface area contributed by atoms with Crippen LogP contribution in [0.4, 0.5) is 11.4 Å². The summed E-state index contributed by atoms with van der Waals surface area (Å²) in [6.07, 6.45) is 8.48. The molecule has 2 aliphatic rings. The van der Waals surface area contributed by atoms with Crippen LogP contribution in [-0.2, 0) is 22.5 Å². The van der Waals surface area contributed by atoms with Crippen LogP contribution in [0.15, 0.2) is 115 Å². The van der Waals surface area contributed by atoms with E-state index in [2.05, 4.69) is 127 Å². The Labute approximate surface area is 289 Å². The number of hydrogen-bond donors (Lipinski definition) is 1. The van der Waals surface area contributed by atoms with Crippen LogP contribution in [0.25, 0.3) is 33.3 Å². The van der Waals surface area contributed by atoms with Gasteiger partial charge in [0.1, 0.15) is 6.04 Å².